The van der Waals surface area contributed by atoms with Gasteiger partial charge in [-0.1, -0.05) is 50.1 Å². The highest BCUT2D eigenvalue weighted by atomic mass is 16.5. The zero-order valence-corrected chi connectivity index (χ0v) is 14.2. The summed E-state index contributed by atoms with van der Waals surface area (Å²) in [6.07, 6.45) is 5.89. The molecule has 1 aromatic carbocycles. The number of hydrogen-bond acceptors (Lipinski definition) is 1. The van der Waals surface area contributed by atoms with Crippen molar-refractivity contribution in [2.24, 2.45) is 5.92 Å². The van der Waals surface area contributed by atoms with Crippen LogP contribution in [0.25, 0.3) is 0 Å². The van der Waals surface area contributed by atoms with Crippen LogP contribution in [0.4, 0.5) is 0 Å². The van der Waals surface area contributed by atoms with Gasteiger partial charge in [0, 0.05) is 0 Å². The second-order valence-corrected chi connectivity index (χ2v) is 5.41. The van der Waals surface area contributed by atoms with E-state index in [-0.39, 0.29) is 0 Å². The third-order valence-electron chi connectivity index (χ3n) is 3.11. The predicted molar refractivity (Wildman–Crippen MR) is 90.5 cm³/mol. The highest BCUT2D eigenvalue weighted by molar-refractivity contribution is 5.26. The lowest BCUT2D eigenvalue weighted by Gasteiger charge is -2.11. The molecule has 0 aromatic heterocycles. The summed E-state index contributed by atoms with van der Waals surface area (Å²) in [5, 5.41) is 0. The Labute approximate surface area is 126 Å². The summed E-state index contributed by atoms with van der Waals surface area (Å²) in [5.74, 6) is 1.71. The van der Waals surface area contributed by atoms with E-state index in [0.29, 0.717) is 0 Å². The van der Waals surface area contributed by atoms with Crippen LogP contribution in [0, 0.1) is 12.8 Å². The van der Waals surface area contributed by atoms with Crippen LogP contribution in [-0.4, -0.2) is 6.61 Å². The minimum Gasteiger partial charge on any atom is -0.494 e. The zero-order valence-electron chi connectivity index (χ0n) is 14.2. The molecule has 0 spiro atoms. The fourth-order valence-corrected chi connectivity index (χ4v) is 1.81. The van der Waals surface area contributed by atoms with Crippen molar-refractivity contribution in [3.63, 3.8) is 0 Å². The van der Waals surface area contributed by atoms with Crippen LogP contribution in [0.15, 0.2) is 35.9 Å². The molecule has 20 heavy (non-hydrogen) atoms. The Balaban J connectivity index is 0.00000172. The van der Waals surface area contributed by atoms with Gasteiger partial charge >= 0.3 is 0 Å². The van der Waals surface area contributed by atoms with E-state index in [0.717, 1.165) is 24.7 Å². The lowest BCUT2D eigenvalue weighted by molar-refractivity contribution is 0.279. The molecule has 114 valence electrons. The molecule has 1 aromatic rings. The summed E-state index contributed by atoms with van der Waals surface area (Å²) in [6, 6.07) is 8.27. The molecule has 0 saturated carbocycles. The molecule has 1 nitrogen and oxygen atoms in total. The Kier molecular flexibility index (Phi) is 10.9. The number of rotatable bonds is 7. The topological polar surface area (TPSA) is 9.23 Å². The summed E-state index contributed by atoms with van der Waals surface area (Å²) in [4.78, 5) is 0. The van der Waals surface area contributed by atoms with Crippen LogP contribution >= 0.6 is 0 Å². The van der Waals surface area contributed by atoms with Gasteiger partial charge in [-0.25, -0.2) is 0 Å². The van der Waals surface area contributed by atoms with Gasteiger partial charge in [0.1, 0.15) is 5.75 Å². The van der Waals surface area contributed by atoms with Crippen LogP contribution in [0.1, 0.15) is 59.4 Å². The van der Waals surface area contributed by atoms with Gasteiger partial charge in [-0.05, 0) is 58.1 Å². The van der Waals surface area contributed by atoms with Crippen molar-refractivity contribution in [1.82, 2.24) is 0 Å². The molecule has 1 atom stereocenters. The van der Waals surface area contributed by atoms with Gasteiger partial charge in [0.2, 0.25) is 0 Å². The molecule has 0 heterocycles. The molecule has 0 saturated heterocycles. The van der Waals surface area contributed by atoms with Gasteiger partial charge in [-0.2, -0.15) is 0 Å². The zero-order chi connectivity index (χ0) is 15.4. The van der Waals surface area contributed by atoms with Gasteiger partial charge in [-0.3, -0.25) is 0 Å². The Morgan fingerprint density at radius 3 is 2.25 bits per heavy atom. The maximum Gasteiger partial charge on any atom is 0.119 e. The Hall–Kier alpha value is -1.24. The van der Waals surface area contributed by atoms with Crippen molar-refractivity contribution in [3.8, 4) is 5.75 Å². The molecular formula is C19H32O. The highest BCUT2D eigenvalue weighted by Crippen LogP contribution is 2.15. The third-order valence-corrected chi connectivity index (χ3v) is 3.11. The fourth-order valence-electron chi connectivity index (χ4n) is 1.81. The van der Waals surface area contributed by atoms with Gasteiger partial charge in [0.15, 0.2) is 0 Å². The van der Waals surface area contributed by atoms with Crippen molar-refractivity contribution in [2.45, 2.75) is 60.8 Å². The first-order chi connectivity index (χ1) is 9.58. The van der Waals surface area contributed by atoms with Gasteiger partial charge in [-0.15, -0.1) is 0 Å². The van der Waals surface area contributed by atoms with E-state index in [1.807, 2.05) is 26.0 Å². The Morgan fingerprint density at radius 2 is 1.70 bits per heavy atom. The quantitative estimate of drug-likeness (QED) is 0.541. The van der Waals surface area contributed by atoms with Crippen LogP contribution in [0.2, 0.25) is 0 Å². The second kappa shape index (κ2) is 11.6. The molecule has 0 aliphatic heterocycles. The second-order valence-electron chi connectivity index (χ2n) is 5.41. The first-order valence-electron chi connectivity index (χ1n) is 7.90. The molecule has 0 radical (unpaired) electrons. The highest BCUT2D eigenvalue weighted by Gasteiger charge is 2.01. The first-order valence-corrected chi connectivity index (χ1v) is 7.90. The Morgan fingerprint density at radius 1 is 1.10 bits per heavy atom. The molecule has 1 unspecified atom stereocenters. The van der Waals surface area contributed by atoms with Gasteiger partial charge in [0.05, 0.1) is 6.61 Å². The lowest BCUT2D eigenvalue weighted by Crippen LogP contribution is -2.04. The van der Waals surface area contributed by atoms with E-state index in [9.17, 15) is 0 Å². The summed E-state index contributed by atoms with van der Waals surface area (Å²) in [7, 11) is 0. The predicted octanol–water partition coefficient (Wildman–Crippen LogP) is 6.17. The van der Waals surface area contributed by atoms with E-state index < -0.39 is 0 Å². The number of hydrogen-bond donors (Lipinski definition) is 0. The largest absolute Gasteiger partial charge is 0.494 e. The normalized spacial score (nSPS) is 11.1. The molecule has 0 aliphatic carbocycles. The standard InChI is InChI=1S/C17H26O.C2H6/c1-14(2)6-5-7-15(3)12-13-18-17-10-8-16(4)9-11-17;1-2/h6,8-11,15H,5,7,12-13H2,1-4H3;1-2H3. The molecule has 0 amide bonds. The average molecular weight is 276 g/mol. The van der Waals surface area contributed by atoms with E-state index in [1.54, 1.807) is 0 Å². The number of ether oxygens (including phenoxy) is 1. The van der Waals surface area contributed by atoms with Gasteiger partial charge < -0.3 is 4.74 Å². The van der Waals surface area contributed by atoms with Crippen LogP contribution in [0.3, 0.4) is 0 Å². The maximum atomic E-state index is 5.74. The molecule has 0 N–H and O–H groups in total. The monoisotopic (exact) mass is 276 g/mol. The smallest absolute Gasteiger partial charge is 0.119 e. The Bertz CT molecular complexity index is 358. The summed E-state index contributed by atoms with van der Waals surface area (Å²) >= 11 is 0. The lowest BCUT2D eigenvalue weighted by atomic mass is 10.0. The fraction of sp³-hybridized carbons (Fsp3) is 0.579. The molecule has 0 aliphatic rings. The summed E-state index contributed by atoms with van der Waals surface area (Å²) in [5.41, 5.74) is 2.69. The van der Waals surface area contributed by atoms with E-state index in [4.69, 9.17) is 4.74 Å². The van der Waals surface area contributed by atoms with Crippen LogP contribution in [-0.2, 0) is 0 Å². The van der Waals surface area contributed by atoms with Gasteiger partial charge in [0.25, 0.3) is 0 Å². The molecule has 0 fully saturated rings. The van der Waals surface area contributed by atoms with E-state index in [2.05, 4.69) is 45.9 Å². The van der Waals surface area contributed by atoms with Crippen molar-refractivity contribution < 1.29 is 4.74 Å². The van der Waals surface area contributed by atoms with Crippen molar-refractivity contribution in [2.75, 3.05) is 6.61 Å². The molecular weight excluding hydrogens is 244 g/mol. The van der Waals surface area contributed by atoms with E-state index in [1.165, 1.54) is 24.0 Å². The van der Waals surface area contributed by atoms with Crippen molar-refractivity contribution >= 4 is 0 Å². The first kappa shape index (κ1) is 18.8. The number of allylic oxidation sites excluding steroid dienone is 2. The van der Waals surface area contributed by atoms with Crippen molar-refractivity contribution in [1.29, 1.82) is 0 Å². The molecule has 0 bridgehead atoms. The third kappa shape index (κ3) is 9.66. The van der Waals surface area contributed by atoms with Crippen molar-refractivity contribution in [3.05, 3.63) is 41.5 Å². The number of aryl methyl sites for hydroxylation is 1. The summed E-state index contributed by atoms with van der Waals surface area (Å²) in [6.45, 7) is 13.5. The SMILES string of the molecule is CC.CC(C)=CCCC(C)CCOc1ccc(C)cc1. The minimum atomic E-state index is 0.728. The van der Waals surface area contributed by atoms with Crippen LogP contribution in [0.5, 0.6) is 5.75 Å². The number of benzene rings is 1. The van der Waals surface area contributed by atoms with Crippen LogP contribution < -0.4 is 4.74 Å². The summed E-state index contributed by atoms with van der Waals surface area (Å²) < 4.78 is 5.74. The maximum absolute atomic E-state index is 5.74. The molecule has 1 heteroatoms. The van der Waals surface area contributed by atoms with E-state index >= 15 is 0 Å². The molecule has 1 rings (SSSR count). The minimum absolute atomic E-state index is 0.728. The average Bonchev–Trinajstić information content (AvgIpc) is 2.43.